The van der Waals surface area contributed by atoms with E-state index in [0.717, 1.165) is 0 Å². The van der Waals surface area contributed by atoms with Gasteiger partial charge in [0.1, 0.15) is 0 Å². The number of hydrazine groups is 1. The van der Waals surface area contributed by atoms with Gasteiger partial charge in [-0.15, -0.1) is 0 Å². The Labute approximate surface area is 122 Å². The third-order valence-electron chi connectivity index (χ3n) is 2.89. The smallest absolute Gasteiger partial charge is 0.307 e. The number of ether oxygens (including phenoxy) is 2. The first-order valence-electron chi connectivity index (χ1n) is 6.59. The predicted molar refractivity (Wildman–Crippen MR) is 75.8 cm³/mol. The first kappa shape index (κ1) is 15.2. The van der Waals surface area contributed by atoms with Gasteiger partial charge in [-0.1, -0.05) is 0 Å². The molecule has 4 N–H and O–H groups in total. The van der Waals surface area contributed by atoms with Crippen molar-refractivity contribution in [2.75, 3.05) is 55.6 Å². The molecule has 1 aliphatic heterocycles. The van der Waals surface area contributed by atoms with E-state index in [4.69, 9.17) is 10.6 Å². The number of nitrogens with two attached hydrogens (primary N) is 1. The highest BCUT2D eigenvalue weighted by molar-refractivity contribution is 5.69. The summed E-state index contributed by atoms with van der Waals surface area (Å²) in [5.74, 6) is 6.19. The largest absolute Gasteiger partial charge is 0.469 e. The molecule has 1 aromatic rings. The Kier molecular flexibility index (Phi) is 5.46. The van der Waals surface area contributed by atoms with E-state index in [1.54, 1.807) is 0 Å². The number of nitrogens with one attached hydrogen (secondary N) is 2. The molecular weight excluding hydrogens is 278 g/mol. The lowest BCUT2D eigenvalue weighted by Gasteiger charge is -2.27. The summed E-state index contributed by atoms with van der Waals surface area (Å²) in [5, 5.41) is 2.95. The monoisotopic (exact) mass is 297 g/mol. The van der Waals surface area contributed by atoms with Gasteiger partial charge in [-0.3, -0.25) is 10.2 Å². The molecule has 0 radical (unpaired) electrons. The van der Waals surface area contributed by atoms with Crippen LogP contribution in [0, 0.1) is 0 Å². The number of rotatable bonds is 6. The first-order valence-corrected chi connectivity index (χ1v) is 6.59. The fourth-order valence-corrected chi connectivity index (χ4v) is 1.79. The maximum absolute atomic E-state index is 11.1. The van der Waals surface area contributed by atoms with Gasteiger partial charge in [0.2, 0.25) is 17.8 Å². The molecule has 0 aromatic carbocycles. The Morgan fingerprint density at radius 2 is 2.05 bits per heavy atom. The summed E-state index contributed by atoms with van der Waals surface area (Å²) in [5.41, 5.74) is 2.41. The SMILES string of the molecule is COC(=O)CCNc1nc(NN)nc(N2CCOCC2)n1. The van der Waals surface area contributed by atoms with E-state index in [1.165, 1.54) is 7.11 Å². The van der Waals surface area contributed by atoms with Crippen LogP contribution in [0.2, 0.25) is 0 Å². The topological polar surface area (TPSA) is 128 Å². The van der Waals surface area contributed by atoms with Gasteiger partial charge >= 0.3 is 5.97 Å². The highest BCUT2D eigenvalue weighted by atomic mass is 16.5. The molecule has 0 spiro atoms. The average molecular weight is 297 g/mol. The van der Waals surface area contributed by atoms with Gasteiger partial charge in [0.05, 0.1) is 26.7 Å². The van der Waals surface area contributed by atoms with Gasteiger partial charge in [0.25, 0.3) is 0 Å². The van der Waals surface area contributed by atoms with Crippen molar-refractivity contribution in [3.63, 3.8) is 0 Å². The number of esters is 1. The van der Waals surface area contributed by atoms with E-state index in [9.17, 15) is 4.79 Å². The second-order valence-electron chi connectivity index (χ2n) is 4.28. The number of hydrogen-bond donors (Lipinski definition) is 3. The number of nitrogen functional groups attached to an aromatic ring is 1. The minimum absolute atomic E-state index is 0.223. The molecule has 21 heavy (non-hydrogen) atoms. The maximum atomic E-state index is 11.1. The molecule has 0 bridgehead atoms. The normalized spacial score (nSPS) is 14.7. The van der Waals surface area contributed by atoms with Gasteiger partial charge in [-0.05, 0) is 0 Å². The van der Waals surface area contributed by atoms with Crippen LogP contribution in [0.4, 0.5) is 17.8 Å². The summed E-state index contributed by atoms with van der Waals surface area (Å²) in [7, 11) is 1.35. The molecule has 0 atom stereocenters. The number of carbonyl (C=O) groups is 1. The van der Waals surface area contributed by atoms with Gasteiger partial charge in [0, 0.05) is 19.6 Å². The minimum atomic E-state index is -0.304. The van der Waals surface area contributed by atoms with Gasteiger partial charge in [-0.25, -0.2) is 5.84 Å². The number of hydrogen-bond acceptors (Lipinski definition) is 10. The molecule has 2 heterocycles. The lowest BCUT2D eigenvalue weighted by molar-refractivity contribution is -0.140. The summed E-state index contributed by atoms with van der Waals surface area (Å²) in [4.78, 5) is 25.7. The first-order chi connectivity index (χ1) is 10.2. The van der Waals surface area contributed by atoms with E-state index in [1.807, 2.05) is 4.90 Å². The third-order valence-corrected chi connectivity index (χ3v) is 2.89. The fourth-order valence-electron chi connectivity index (χ4n) is 1.79. The number of nitrogens with zero attached hydrogens (tertiary/aromatic N) is 4. The van der Waals surface area contributed by atoms with Crippen LogP contribution in [0.3, 0.4) is 0 Å². The van der Waals surface area contributed by atoms with Crippen molar-refractivity contribution in [3.05, 3.63) is 0 Å². The van der Waals surface area contributed by atoms with E-state index in [-0.39, 0.29) is 18.3 Å². The molecule has 0 aliphatic carbocycles. The highest BCUT2D eigenvalue weighted by Crippen LogP contribution is 2.14. The van der Waals surface area contributed by atoms with Crippen LogP contribution < -0.4 is 21.5 Å². The fraction of sp³-hybridized carbons (Fsp3) is 0.636. The van der Waals surface area contributed by atoms with E-state index < -0.39 is 0 Å². The van der Waals surface area contributed by atoms with Crippen LogP contribution in [0.25, 0.3) is 0 Å². The molecule has 10 heteroatoms. The zero-order valence-electron chi connectivity index (χ0n) is 11.8. The number of aromatic nitrogens is 3. The van der Waals surface area contributed by atoms with Crippen molar-refractivity contribution >= 4 is 23.8 Å². The standard InChI is InChI=1S/C11H19N7O3/c1-20-8(19)2-3-13-9-14-10(17-12)16-11(15-9)18-4-6-21-7-5-18/h2-7,12H2,1H3,(H2,13,14,15,16,17). The number of anilines is 3. The van der Waals surface area contributed by atoms with Crippen molar-refractivity contribution in [2.45, 2.75) is 6.42 Å². The second kappa shape index (κ2) is 7.55. The van der Waals surface area contributed by atoms with E-state index in [2.05, 4.69) is 30.4 Å². The Morgan fingerprint density at radius 1 is 1.33 bits per heavy atom. The van der Waals surface area contributed by atoms with Crippen molar-refractivity contribution in [1.82, 2.24) is 15.0 Å². The van der Waals surface area contributed by atoms with Crippen LogP contribution >= 0.6 is 0 Å². The molecule has 0 unspecified atom stereocenters. The van der Waals surface area contributed by atoms with E-state index >= 15 is 0 Å². The zero-order chi connectivity index (χ0) is 15.1. The number of methoxy groups -OCH3 is 1. The molecule has 10 nitrogen and oxygen atoms in total. The van der Waals surface area contributed by atoms with Crippen molar-refractivity contribution in [3.8, 4) is 0 Å². The quantitative estimate of drug-likeness (QED) is 0.340. The molecule has 2 rings (SSSR count). The molecule has 116 valence electrons. The van der Waals surface area contributed by atoms with E-state index in [0.29, 0.717) is 44.7 Å². The summed E-state index contributed by atoms with van der Waals surface area (Å²) in [6.45, 7) is 3.03. The number of morpholine rings is 1. The summed E-state index contributed by atoms with van der Waals surface area (Å²) < 4.78 is 9.86. The summed E-state index contributed by atoms with van der Waals surface area (Å²) in [6.07, 6.45) is 0.223. The second-order valence-corrected chi connectivity index (χ2v) is 4.28. The lowest BCUT2D eigenvalue weighted by Crippen LogP contribution is -2.37. The summed E-state index contributed by atoms with van der Waals surface area (Å²) >= 11 is 0. The molecule has 0 amide bonds. The maximum Gasteiger partial charge on any atom is 0.307 e. The van der Waals surface area contributed by atoms with Crippen molar-refractivity contribution in [2.24, 2.45) is 5.84 Å². The Hall–Kier alpha value is -2.20. The molecular formula is C11H19N7O3. The third kappa shape index (κ3) is 4.39. The Morgan fingerprint density at radius 3 is 2.71 bits per heavy atom. The molecule has 1 fully saturated rings. The summed E-state index contributed by atoms with van der Waals surface area (Å²) in [6, 6.07) is 0. The van der Waals surface area contributed by atoms with Crippen LogP contribution in [-0.2, 0) is 14.3 Å². The zero-order valence-corrected chi connectivity index (χ0v) is 11.8. The van der Waals surface area contributed by atoms with Crippen LogP contribution in [0.15, 0.2) is 0 Å². The minimum Gasteiger partial charge on any atom is -0.469 e. The molecule has 0 saturated carbocycles. The van der Waals surface area contributed by atoms with Crippen LogP contribution in [0.5, 0.6) is 0 Å². The average Bonchev–Trinajstić information content (AvgIpc) is 2.55. The Balaban J connectivity index is 2.04. The predicted octanol–water partition coefficient (Wildman–Crippen LogP) is -1.03. The Bertz CT molecular complexity index is 479. The molecule has 1 saturated heterocycles. The van der Waals surface area contributed by atoms with Crippen molar-refractivity contribution in [1.29, 1.82) is 0 Å². The van der Waals surface area contributed by atoms with Crippen molar-refractivity contribution < 1.29 is 14.3 Å². The van der Waals surface area contributed by atoms with Gasteiger partial charge in [0.15, 0.2) is 0 Å². The number of carbonyl (C=O) groups excluding carboxylic acids is 1. The van der Waals surface area contributed by atoms with Crippen LogP contribution in [0.1, 0.15) is 6.42 Å². The van der Waals surface area contributed by atoms with Crippen LogP contribution in [-0.4, -0.2) is 60.9 Å². The highest BCUT2D eigenvalue weighted by Gasteiger charge is 2.16. The lowest BCUT2D eigenvalue weighted by atomic mass is 10.4. The molecule has 1 aliphatic rings. The van der Waals surface area contributed by atoms with Gasteiger partial charge in [-0.2, -0.15) is 15.0 Å². The van der Waals surface area contributed by atoms with Gasteiger partial charge < -0.3 is 19.7 Å². The molecule has 1 aromatic heterocycles.